The molecule has 2 aromatic rings. The first kappa shape index (κ1) is 9.56. The molecule has 74 valence electrons. The monoisotopic (exact) mass is 208 g/mol. The van der Waals surface area contributed by atoms with E-state index in [0.29, 0.717) is 0 Å². The van der Waals surface area contributed by atoms with Gasteiger partial charge in [-0.3, -0.25) is 0 Å². The molecule has 0 spiro atoms. The minimum absolute atomic E-state index is 0.0680. The molecule has 2 nitrogen and oxygen atoms in total. The molecule has 0 amide bonds. The summed E-state index contributed by atoms with van der Waals surface area (Å²) < 4.78 is 0. The summed E-state index contributed by atoms with van der Waals surface area (Å²) in [5.41, 5.74) is 7.97. The molecule has 1 aromatic heterocycles. The Hall–Kier alpha value is -0.990. The SMILES string of the molecule is CC[C@H](N)c1cc2cccc(Cl)c2[nH]1. The summed E-state index contributed by atoms with van der Waals surface area (Å²) in [4.78, 5) is 3.26. The van der Waals surface area contributed by atoms with E-state index in [2.05, 4.69) is 18.0 Å². The first-order chi connectivity index (χ1) is 6.72. The number of H-pyrrole nitrogens is 1. The van der Waals surface area contributed by atoms with E-state index in [-0.39, 0.29) is 6.04 Å². The van der Waals surface area contributed by atoms with Crippen molar-refractivity contribution in [2.75, 3.05) is 0 Å². The van der Waals surface area contributed by atoms with Crippen LogP contribution in [0, 0.1) is 0 Å². The van der Waals surface area contributed by atoms with Crippen LogP contribution in [0.15, 0.2) is 24.3 Å². The highest BCUT2D eigenvalue weighted by Gasteiger charge is 2.08. The van der Waals surface area contributed by atoms with Gasteiger partial charge in [-0.1, -0.05) is 30.7 Å². The topological polar surface area (TPSA) is 41.8 Å². The molecule has 1 aromatic carbocycles. The number of aromatic nitrogens is 1. The molecular weight excluding hydrogens is 196 g/mol. The second-order valence-electron chi connectivity index (χ2n) is 3.44. The van der Waals surface area contributed by atoms with Gasteiger partial charge >= 0.3 is 0 Å². The van der Waals surface area contributed by atoms with Crippen LogP contribution in [0.4, 0.5) is 0 Å². The van der Waals surface area contributed by atoms with Gasteiger partial charge in [-0.15, -0.1) is 0 Å². The largest absolute Gasteiger partial charge is 0.356 e. The Kier molecular flexibility index (Phi) is 2.48. The number of rotatable bonds is 2. The van der Waals surface area contributed by atoms with Crippen molar-refractivity contribution < 1.29 is 0 Å². The van der Waals surface area contributed by atoms with Crippen molar-refractivity contribution in [3.05, 3.63) is 35.0 Å². The van der Waals surface area contributed by atoms with Gasteiger partial charge in [0.1, 0.15) is 0 Å². The van der Waals surface area contributed by atoms with Gasteiger partial charge in [0.15, 0.2) is 0 Å². The smallest absolute Gasteiger partial charge is 0.0647 e. The maximum atomic E-state index is 6.05. The van der Waals surface area contributed by atoms with Crippen molar-refractivity contribution in [2.24, 2.45) is 5.73 Å². The number of hydrogen-bond donors (Lipinski definition) is 2. The van der Waals surface area contributed by atoms with Crippen LogP contribution in [0.25, 0.3) is 10.9 Å². The molecule has 0 saturated carbocycles. The molecule has 0 bridgehead atoms. The van der Waals surface area contributed by atoms with Crippen molar-refractivity contribution in [1.29, 1.82) is 0 Å². The molecule has 1 atom stereocenters. The first-order valence-electron chi connectivity index (χ1n) is 4.75. The summed E-state index contributed by atoms with van der Waals surface area (Å²) >= 11 is 6.05. The number of para-hydroxylation sites is 1. The van der Waals surface area contributed by atoms with Crippen molar-refractivity contribution in [1.82, 2.24) is 4.98 Å². The lowest BCUT2D eigenvalue weighted by molar-refractivity contribution is 0.682. The second kappa shape index (κ2) is 3.64. The molecule has 0 aliphatic heterocycles. The van der Waals surface area contributed by atoms with E-state index in [0.717, 1.165) is 28.0 Å². The molecule has 3 heteroatoms. The zero-order chi connectivity index (χ0) is 10.1. The number of halogens is 1. The molecule has 14 heavy (non-hydrogen) atoms. The summed E-state index contributed by atoms with van der Waals surface area (Å²) in [5.74, 6) is 0. The fourth-order valence-corrected chi connectivity index (χ4v) is 1.79. The highest BCUT2D eigenvalue weighted by molar-refractivity contribution is 6.35. The van der Waals surface area contributed by atoms with Crippen LogP contribution in [0.5, 0.6) is 0 Å². The van der Waals surface area contributed by atoms with E-state index in [9.17, 15) is 0 Å². The molecule has 1 heterocycles. The Morgan fingerprint density at radius 1 is 1.50 bits per heavy atom. The number of nitrogens with one attached hydrogen (secondary N) is 1. The Bertz CT molecular complexity index is 447. The van der Waals surface area contributed by atoms with Gasteiger partial charge in [0.05, 0.1) is 10.5 Å². The molecule has 0 aliphatic carbocycles. The molecule has 0 aliphatic rings. The summed E-state index contributed by atoms with van der Waals surface area (Å²) in [7, 11) is 0. The average Bonchev–Trinajstić information content (AvgIpc) is 2.62. The number of hydrogen-bond acceptors (Lipinski definition) is 1. The van der Waals surface area contributed by atoms with Crippen LogP contribution in [-0.2, 0) is 0 Å². The van der Waals surface area contributed by atoms with E-state index < -0.39 is 0 Å². The highest BCUT2D eigenvalue weighted by Crippen LogP contribution is 2.25. The second-order valence-corrected chi connectivity index (χ2v) is 3.85. The lowest BCUT2D eigenvalue weighted by atomic mass is 10.1. The minimum Gasteiger partial charge on any atom is -0.356 e. The Balaban J connectivity index is 2.56. The van der Waals surface area contributed by atoms with Crippen LogP contribution < -0.4 is 5.73 Å². The number of nitrogens with two attached hydrogens (primary N) is 1. The fraction of sp³-hybridized carbons (Fsp3) is 0.273. The van der Waals surface area contributed by atoms with Crippen molar-refractivity contribution in [2.45, 2.75) is 19.4 Å². The molecule has 0 radical (unpaired) electrons. The lowest BCUT2D eigenvalue weighted by Crippen LogP contribution is -2.08. The van der Waals surface area contributed by atoms with Gasteiger partial charge in [-0.05, 0) is 18.6 Å². The summed E-state index contributed by atoms with van der Waals surface area (Å²) in [6, 6.07) is 7.99. The van der Waals surface area contributed by atoms with Crippen LogP contribution >= 0.6 is 11.6 Å². The maximum Gasteiger partial charge on any atom is 0.0647 e. The summed E-state index contributed by atoms with van der Waals surface area (Å²) in [6.07, 6.45) is 0.921. The van der Waals surface area contributed by atoms with Crippen molar-refractivity contribution in [3.8, 4) is 0 Å². The Morgan fingerprint density at radius 3 is 2.93 bits per heavy atom. The minimum atomic E-state index is 0.0680. The Morgan fingerprint density at radius 2 is 2.29 bits per heavy atom. The predicted octanol–water partition coefficient (Wildman–Crippen LogP) is 3.23. The van der Waals surface area contributed by atoms with Gasteiger partial charge in [-0.2, -0.15) is 0 Å². The van der Waals surface area contributed by atoms with E-state index in [4.69, 9.17) is 17.3 Å². The molecule has 3 N–H and O–H groups in total. The first-order valence-corrected chi connectivity index (χ1v) is 5.13. The van der Waals surface area contributed by atoms with Crippen molar-refractivity contribution in [3.63, 3.8) is 0 Å². The van der Waals surface area contributed by atoms with E-state index in [1.165, 1.54) is 0 Å². The molecular formula is C11H13ClN2. The molecule has 0 unspecified atom stereocenters. The van der Waals surface area contributed by atoms with Gasteiger partial charge in [-0.25, -0.2) is 0 Å². The standard InChI is InChI=1S/C11H13ClN2/c1-2-9(13)10-6-7-4-3-5-8(12)11(7)14-10/h3-6,9,14H,2,13H2,1H3/t9-/m0/s1. The lowest BCUT2D eigenvalue weighted by Gasteiger charge is -2.04. The van der Waals surface area contributed by atoms with Crippen LogP contribution in [-0.4, -0.2) is 4.98 Å². The molecule has 0 saturated heterocycles. The zero-order valence-electron chi connectivity index (χ0n) is 8.05. The zero-order valence-corrected chi connectivity index (χ0v) is 8.81. The van der Waals surface area contributed by atoms with Gasteiger partial charge in [0.25, 0.3) is 0 Å². The van der Waals surface area contributed by atoms with Crippen LogP contribution in [0.1, 0.15) is 25.1 Å². The van der Waals surface area contributed by atoms with E-state index in [1.54, 1.807) is 0 Å². The number of benzene rings is 1. The third-order valence-corrected chi connectivity index (χ3v) is 2.78. The van der Waals surface area contributed by atoms with Gasteiger partial charge < -0.3 is 10.7 Å². The predicted molar refractivity (Wildman–Crippen MR) is 60.5 cm³/mol. The van der Waals surface area contributed by atoms with E-state index >= 15 is 0 Å². The quantitative estimate of drug-likeness (QED) is 0.782. The van der Waals surface area contributed by atoms with Crippen LogP contribution in [0.3, 0.4) is 0 Å². The molecule has 0 fully saturated rings. The third-order valence-electron chi connectivity index (χ3n) is 2.47. The normalized spacial score (nSPS) is 13.4. The molecule has 2 rings (SSSR count). The van der Waals surface area contributed by atoms with Gasteiger partial charge in [0.2, 0.25) is 0 Å². The van der Waals surface area contributed by atoms with Crippen molar-refractivity contribution >= 4 is 22.5 Å². The number of fused-ring (bicyclic) bond motifs is 1. The van der Waals surface area contributed by atoms with E-state index in [1.807, 2.05) is 18.2 Å². The van der Waals surface area contributed by atoms with Gasteiger partial charge in [0, 0.05) is 17.1 Å². The maximum absolute atomic E-state index is 6.05. The number of aromatic amines is 1. The fourth-order valence-electron chi connectivity index (χ4n) is 1.56. The third kappa shape index (κ3) is 1.51. The Labute approximate surface area is 88.1 Å². The summed E-state index contributed by atoms with van der Waals surface area (Å²) in [5, 5.41) is 1.87. The average molecular weight is 209 g/mol. The highest BCUT2D eigenvalue weighted by atomic mass is 35.5. The summed E-state index contributed by atoms with van der Waals surface area (Å²) in [6.45, 7) is 2.07. The van der Waals surface area contributed by atoms with Crippen LogP contribution in [0.2, 0.25) is 5.02 Å².